The molecule has 0 saturated heterocycles. The molecule has 0 aliphatic heterocycles. The Hall–Kier alpha value is -1.09. The molecule has 3 atom stereocenters. The first-order chi connectivity index (χ1) is 7.59. The maximum atomic E-state index is 9.69. The monoisotopic (exact) mass is 220 g/mol. The van der Waals surface area contributed by atoms with Crippen LogP contribution in [0.15, 0.2) is 18.3 Å². The first-order valence-corrected chi connectivity index (χ1v) is 5.93. The molecule has 1 saturated carbocycles. The number of aromatic nitrogens is 1. The molecule has 16 heavy (non-hydrogen) atoms. The smallest absolute Gasteiger partial charge is 0.134 e. The zero-order valence-electron chi connectivity index (χ0n) is 10.2. The molecule has 0 spiro atoms. The Morgan fingerprint density at radius 1 is 1.62 bits per heavy atom. The van der Waals surface area contributed by atoms with Gasteiger partial charge in [-0.05, 0) is 31.2 Å². The Balaban J connectivity index is 2.12. The van der Waals surface area contributed by atoms with Gasteiger partial charge in [0.1, 0.15) is 5.82 Å². The van der Waals surface area contributed by atoms with Crippen molar-refractivity contribution in [2.75, 3.05) is 18.5 Å². The molecule has 1 aromatic rings. The van der Waals surface area contributed by atoms with E-state index in [9.17, 15) is 5.11 Å². The number of nitrogens with zero attached hydrogens (tertiary/aromatic N) is 2. The fourth-order valence-corrected chi connectivity index (χ4v) is 2.15. The first-order valence-electron chi connectivity index (χ1n) is 5.93. The van der Waals surface area contributed by atoms with Crippen LogP contribution in [0.3, 0.4) is 0 Å². The van der Waals surface area contributed by atoms with Crippen molar-refractivity contribution in [1.82, 2.24) is 4.98 Å². The largest absolute Gasteiger partial charge is 0.389 e. The van der Waals surface area contributed by atoms with Crippen molar-refractivity contribution in [3.63, 3.8) is 0 Å². The summed E-state index contributed by atoms with van der Waals surface area (Å²) in [6.07, 6.45) is 2.65. The van der Waals surface area contributed by atoms with Gasteiger partial charge in [0.05, 0.1) is 6.10 Å². The summed E-state index contributed by atoms with van der Waals surface area (Å²) in [6, 6.07) is 3.82. The molecule has 0 aromatic carbocycles. The number of anilines is 1. The van der Waals surface area contributed by atoms with Gasteiger partial charge >= 0.3 is 0 Å². The molecule has 0 amide bonds. The summed E-state index contributed by atoms with van der Waals surface area (Å²) in [5.41, 5.74) is 0.915. The van der Waals surface area contributed by atoms with E-state index in [2.05, 4.69) is 23.9 Å². The molecular formula is C13H20N2O. The minimum atomic E-state index is -0.456. The van der Waals surface area contributed by atoms with Crippen molar-refractivity contribution in [1.29, 1.82) is 0 Å². The number of aliphatic hydroxyl groups is 1. The molecule has 0 bridgehead atoms. The Labute approximate surface area is 97.1 Å². The normalized spacial score (nSPS) is 25.2. The average molecular weight is 220 g/mol. The molecular weight excluding hydrogens is 200 g/mol. The Bertz CT molecular complexity index is 365. The molecule has 1 aliphatic rings. The Morgan fingerprint density at radius 3 is 2.88 bits per heavy atom. The summed E-state index contributed by atoms with van der Waals surface area (Å²) in [5, 5.41) is 9.69. The van der Waals surface area contributed by atoms with Crippen LogP contribution in [0, 0.1) is 11.8 Å². The topological polar surface area (TPSA) is 36.4 Å². The second-order valence-electron chi connectivity index (χ2n) is 4.95. The van der Waals surface area contributed by atoms with Gasteiger partial charge in [0.15, 0.2) is 0 Å². The van der Waals surface area contributed by atoms with Crippen LogP contribution in [0.5, 0.6) is 0 Å². The third-order valence-electron chi connectivity index (χ3n) is 3.41. The molecule has 1 fully saturated rings. The highest BCUT2D eigenvalue weighted by Gasteiger charge is 2.33. The lowest BCUT2D eigenvalue weighted by Crippen LogP contribution is -2.23. The summed E-state index contributed by atoms with van der Waals surface area (Å²) in [6.45, 7) is 5.11. The fraction of sp³-hybridized carbons (Fsp3) is 0.615. The van der Waals surface area contributed by atoms with Crippen molar-refractivity contribution in [3.8, 4) is 0 Å². The van der Waals surface area contributed by atoms with Crippen molar-refractivity contribution in [2.24, 2.45) is 11.8 Å². The quantitative estimate of drug-likeness (QED) is 0.845. The van der Waals surface area contributed by atoms with E-state index < -0.39 is 6.10 Å². The van der Waals surface area contributed by atoms with Gasteiger partial charge in [-0.15, -0.1) is 0 Å². The van der Waals surface area contributed by atoms with Crippen LogP contribution in [0.25, 0.3) is 0 Å². The lowest BCUT2D eigenvalue weighted by Gasteiger charge is -2.22. The molecule has 1 aromatic heterocycles. The molecule has 3 heteroatoms. The number of hydrogen-bond donors (Lipinski definition) is 1. The predicted octanol–water partition coefficient (Wildman–Crippen LogP) is 2.23. The van der Waals surface area contributed by atoms with Crippen LogP contribution in [-0.2, 0) is 0 Å². The number of rotatable bonds is 4. The zero-order chi connectivity index (χ0) is 11.7. The van der Waals surface area contributed by atoms with Gasteiger partial charge in [0, 0.05) is 25.4 Å². The van der Waals surface area contributed by atoms with E-state index in [0.29, 0.717) is 0 Å². The molecule has 3 nitrogen and oxygen atoms in total. The third kappa shape index (κ3) is 2.35. The van der Waals surface area contributed by atoms with E-state index in [1.54, 1.807) is 13.1 Å². The van der Waals surface area contributed by atoms with E-state index in [1.807, 2.05) is 12.1 Å². The van der Waals surface area contributed by atoms with Crippen LogP contribution < -0.4 is 4.90 Å². The lowest BCUT2D eigenvalue weighted by molar-refractivity contribution is 0.199. The van der Waals surface area contributed by atoms with Gasteiger partial charge in [-0.3, -0.25) is 0 Å². The summed E-state index contributed by atoms with van der Waals surface area (Å²) in [4.78, 5) is 6.53. The van der Waals surface area contributed by atoms with Crippen LogP contribution >= 0.6 is 0 Å². The zero-order valence-corrected chi connectivity index (χ0v) is 10.2. The molecule has 3 unspecified atom stereocenters. The molecule has 88 valence electrons. The molecule has 0 radical (unpaired) electrons. The minimum Gasteiger partial charge on any atom is -0.389 e. The fourth-order valence-electron chi connectivity index (χ4n) is 2.15. The maximum absolute atomic E-state index is 9.69. The highest BCUT2D eigenvalue weighted by atomic mass is 16.3. The van der Waals surface area contributed by atoms with Crippen LogP contribution in [-0.4, -0.2) is 23.7 Å². The van der Waals surface area contributed by atoms with E-state index in [1.165, 1.54) is 6.42 Å². The third-order valence-corrected chi connectivity index (χ3v) is 3.41. The van der Waals surface area contributed by atoms with E-state index in [-0.39, 0.29) is 0 Å². The summed E-state index contributed by atoms with van der Waals surface area (Å²) in [5.74, 6) is 2.56. The van der Waals surface area contributed by atoms with Gasteiger partial charge in [-0.1, -0.05) is 13.0 Å². The standard InChI is InChI=1S/C13H20N2O/c1-9-7-11(9)8-15(3)13-12(10(2)16)5-4-6-14-13/h4-6,9-11,16H,7-8H2,1-3H3. The van der Waals surface area contributed by atoms with Crippen LogP contribution in [0.2, 0.25) is 0 Å². The minimum absolute atomic E-state index is 0.456. The highest BCUT2D eigenvalue weighted by Crippen LogP contribution is 2.39. The first kappa shape index (κ1) is 11.4. The summed E-state index contributed by atoms with van der Waals surface area (Å²) < 4.78 is 0. The van der Waals surface area contributed by atoms with Gasteiger partial charge in [-0.2, -0.15) is 0 Å². The Kier molecular flexibility index (Phi) is 3.15. The van der Waals surface area contributed by atoms with Gasteiger partial charge in [-0.25, -0.2) is 4.98 Å². The van der Waals surface area contributed by atoms with Crippen molar-refractivity contribution in [3.05, 3.63) is 23.9 Å². The molecule has 2 rings (SSSR count). The van der Waals surface area contributed by atoms with Crippen molar-refractivity contribution >= 4 is 5.82 Å². The van der Waals surface area contributed by atoms with Gasteiger partial charge in [0.25, 0.3) is 0 Å². The van der Waals surface area contributed by atoms with Crippen molar-refractivity contribution < 1.29 is 5.11 Å². The van der Waals surface area contributed by atoms with E-state index in [0.717, 1.165) is 29.8 Å². The second-order valence-corrected chi connectivity index (χ2v) is 4.95. The van der Waals surface area contributed by atoms with Crippen molar-refractivity contribution in [2.45, 2.75) is 26.4 Å². The van der Waals surface area contributed by atoms with Gasteiger partial charge in [0.2, 0.25) is 0 Å². The molecule has 1 N–H and O–H groups in total. The highest BCUT2D eigenvalue weighted by molar-refractivity contribution is 5.47. The Morgan fingerprint density at radius 2 is 2.31 bits per heavy atom. The number of pyridine rings is 1. The van der Waals surface area contributed by atoms with Gasteiger partial charge < -0.3 is 10.0 Å². The predicted molar refractivity (Wildman–Crippen MR) is 65.4 cm³/mol. The molecule has 1 heterocycles. The lowest BCUT2D eigenvalue weighted by atomic mass is 10.1. The number of aliphatic hydroxyl groups excluding tert-OH is 1. The van der Waals surface area contributed by atoms with Crippen LogP contribution in [0.4, 0.5) is 5.82 Å². The SMILES string of the molecule is CC(O)c1cccnc1N(C)CC1CC1C. The maximum Gasteiger partial charge on any atom is 0.134 e. The average Bonchev–Trinajstić information content (AvgIpc) is 2.94. The van der Waals surface area contributed by atoms with E-state index in [4.69, 9.17) is 0 Å². The second kappa shape index (κ2) is 4.42. The summed E-state index contributed by atoms with van der Waals surface area (Å²) in [7, 11) is 2.05. The summed E-state index contributed by atoms with van der Waals surface area (Å²) >= 11 is 0. The van der Waals surface area contributed by atoms with Crippen LogP contribution in [0.1, 0.15) is 31.9 Å². The molecule has 1 aliphatic carbocycles. The number of hydrogen-bond acceptors (Lipinski definition) is 3. The van der Waals surface area contributed by atoms with E-state index >= 15 is 0 Å².